The number of amides is 1. The Morgan fingerprint density at radius 3 is 2.89 bits per heavy atom. The summed E-state index contributed by atoms with van der Waals surface area (Å²) < 4.78 is 5.03. The molecular weight excluding hydrogens is 264 g/mol. The Hall–Kier alpha value is -1.76. The molecule has 1 amide bonds. The van der Waals surface area contributed by atoms with Gasteiger partial charge in [-0.05, 0) is 19.8 Å². The predicted molar refractivity (Wildman–Crippen MR) is 69.9 cm³/mol. The first-order valence-corrected chi connectivity index (χ1v) is 7.17. The summed E-state index contributed by atoms with van der Waals surface area (Å²) in [6.07, 6.45) is 4.50. The van der Waals surface area contributed by atoms with Crippen LogP contribution in [0.1, 0.15) is 41.3 Å². The number of hydrogen-bond donors (Lipinski definition) is 1. The first kappa shape index (κ1) is 12.3. The molecule has 0 bridgehead atoms. The molecule has 0 unspecified atom stereocenters. The Bertz CT molecular complexity index is 586. The Balaban J connectivity index is 1.71. The molecule has 19 heavy (non-hydrogen) atoms. The van der Waals surface area contributed by atoms with Crippen LogP contribution in [0.4, 0.5) is 0 Å². The van der Waals surface area contributed by atoms with Crippen molar-refractivity contribution in [2.45, 2.75) is 38.6 Å². The number of aromatic nitrogens is 3. The maximum absolute atomic E-state index is 12.0. The van der Waals surface area contributed by atoms with Gasteiger partial charge in [-0.15, -0.1) is 11.3 Å². The third kappa shape index (κ3) is 2.65. The summed E-state index contributed by atoms with van der Waals surface area (Å²) in [5.74, 6) is 0.799. The summed E-state index contributed by atoms with van der Waals surface area (Å²) in [6.45, 7) is 1.74. The van der Waals surface area contributed by atoms with Crippen molar-refractivity contribution in [2.24, 2.45) is 0 Å². The topological polar surface area (TPSA) is 80.9 Å². The molecule has 0 aromatic carbocycles. The van der Waals surface area contributed by atoms with Gasteiger partial charge in [0.2, 0.25) is 0 Å². The minimum absolute atomic E-state index is 0.112. The third-order valence-electron chi connectivity index (χ3n) is 3.14. The third-order valence-corrected chi connectivity index (χ3v) is 3.98. The molecule has 100 valence electrons. The number of carbonyl (C=O) groups excluding carboxylic acids is 1. The fourth-order valence-corrected chi connectivity index (χ4v) is 2.89. The number of thiazole rings is 1. The molecule has 0 radical (unpaired) electrons. The highest BCUT2D eigenvalue weighted by Gasteiger charge is 2.20. The van der Waals surface area contributed by atoms with Crippen molar-refractivity contribution in [3.63, 3.8) is 0 Å². The second-order valence-corrected chi connectivity index (χ2v) is 5.50. The Kier molecular flexibility index (Phi) is 3.29. The average molecular weight is 278 g/mol. The standard InChI is InChI=1S/C12H14N4O2S/c1-7-13-11(18-16-7)9-6-19-12(15-9)10(17)14-8-4-2-3-5-8/h6,8H,2-5H2,1H3,(H,14,17). The lowest BCUT2D eigenvalue weighted by atomic mass is 10.2. The van der Waals surface area contributed by atoms with E-state index in [0.29, 0.717) is 28.5 Å². The molecule has 1 saturated carbocycles. The Morgan fingerprint density at radius 2 is 2.21 bits per heavy atom. The van der Waals surface area contributed by atoms with Crippen LogP contribution in [0.15, 0.2) is 9.90 Å². The monoisotopic (exact) mass is 278 g/mol. The number of aryl methyl sites for hydroxylation is 1. The van der Waals surface area contributed by atoms with Gasteiger partial charge in [-0.2, -0.15) is 4.98 Å². The molecule has 1 fully saturated rings. The lowest BCUT2D eigenvalue weighted by Gasteiger charge is -2.09. The minimum Gasteiger partial charge on any atom is -0.347 e. The Morgan fingerprint density at radius 1 is 1.42 bits per heavy atom. The van der Waals surface area contributed by atoms with Crippen molar-refractivity contribution in [2.75, 3.05) is 0 Å². The van der Waals surface area contributed by atoms with Crippen LogP contribution in [-0.4, -0.2) is 27.1 Å². The van der Waals surface area contributed by atoms with Crippen LogP contribution in [0.3, 0.4) is 0 Å². The van der Waals surface area contributed by atoms with Crippen molar-refractivity contribution in [1.29, 1.82) is 0 Å². The minimum atomic E-state index is -0.112. The molecule has 2 aromatic heterocycles. The molecule has 7 heteroatoms. The number of nitrogens with one attached hydrogen (secondary N) is 1. The molecule has 2 aromatic rings. The molecule has 1 N–H and O–H groups in total. The number of nitrogens with zero attached hydrogens (tertiary/aromatic N) is 3. The van der Waals surface area contributed by atoms with Crippen molar-refractivity contribution in [3.8, 4) is 11.6 Å². The maximum atomic E-state index is 12.0. The fourth-order valence-electron chi connectivity index (χ4n) is 2.19. The molecule has 2 heterocycles. The van der Waals surface area contributed by atoms with Crippen LogP contribution in [0.5, 0.6) is 0 Å². The zero-order valence-electron chi connectivity index (χ0n) is 10.5. The normalized spacial score (nSPS) is 15.8. The molecule has 3 rings (SSSR count). The highest BCUT2D eigenvalue weighted by atomic mass is 32.1. The van der Waals surface area contributed by atoms with Crippen molar-refractivity contribution in [1.82, 2.24) is 20.4 Å². The molecule has 0 saturated heterocycles. The van der Waals surface area contributed by atoms with Gasteiger partial charge in [0.1, 0.15) is 5.69 Å². The van der Waals surface area contributed by atoms with E-state index < -0.39 is 0 Å². The fraction of sp³-hybridized carbons (Fsp3) is 0.500. The van der Waals surface area contributed by atoms with E-state index in [1.807, 2.05) is 0 Å². The average Bonchev–Trinajstić information content (AvgIpc) is 3.07. The highest BCUT2D eigenvalue weighted by molar-refractivity contribution is 7.12. The van der Waals surface area contributed by atoms with Gasteiger partial charge in [0.15, 0.2) is 10.8 Å². The summed E-state index contributed by atoms with van der Waals surface area (Å²) in [4.78, 5) is 20.4. The van der Waals surface area contributed by atoms with E-state index in [0.717, 1.165) is 12.8 Å². The first-order chi connectivity index (χ1) is 9.22. The largest absolute Gasteiger partial charge is 0.347 e. The molecular formula is C12H14N4O2S. The molecule has 0 spiro atoms. The number of carbonyl (C=O) groups is 1. The lowest BCUT2D eigenvalue weighted by Crippen LogP contribution is -2.32. The molecule has 0 aliphatic heterocycles. The smallest absolute Gasteiger partial charge is 0.280 e. The summed E-state index contributed by atoms with van der Waals surface area (Å²) in [5, 5.41) is 8.92. The van der Waals surface area contributed by atoms with Crippen LogP contribution in [0.25, 0.3) is 11.6 Å². The quantitative estimate of drug-likeness (QED) is 0.930. The maximum Gasteiger partial charge on any atom is 0.280 e. The van der Waals surface area contributed by atoms with E-state index in [9.17, 15) is 4.79 Å². The van der Waals surface area contributed by atoms with E-state index in [1.54, 1.807) is 12.3 Å². The van der Waals surface area contributed by atoms with Gasteiger partial charge < -0.3 is 9.84 Å². The van der Waals surface area contributed by atoms with E-state index in [-0.39, 0.29) is 5.91 Å². The van der Waals surface area contributed by atoms with Gasteiger partial charge in [0, 0.05) is 11.4 Å². The summed E-state index contributed by atoms with van der Waals surface area (Å²) in [5.41, 5.74) is 0.558. The van der Waals surface area contributed by atoms with E-state index in [4.69, 9.17) is 4.52 Å². The zero-order chi connectivity index (χ0) is 13.2. The van der Waals surface area contributed by atoms with Crippen LogP contribution >= 0.6 is 11.3 Å². The van der Waals surface area contributed by atoms with E-state index >= 15 is 0 Å². The van der Waals surface area contributed by atoms with Gasteiger partial charge >= 0.3 is 0 Å². The zero-order valence-corrected chi connectivity index (χ0v) is 11.4. The number of rotatable bonds is 3. The molecule has 1 aliphatic carbocycles. The van der Waals surface area contributed by atoms with Crippen molar-refractivity contribution < 1.29 is 9.32 Å². The molecule has 6 nitrogen and oxygen atoms in total. The lowest BCUT2D eigenvalue weighted by molar-refractivity contribution is 0.0937. The predicted octanol–water partition coefficient (Wildman–Crippen LogP) is 2.17. The molecule has 1 aliphatic rings. The summed E-state index contributed by atoms with van der Waals surface area (Å²) in [7, 11) is 0. The molecule has 0 atom stereocenters. The second-order valence-electron chi connectivity index (χ2n) is 4.64. The van der Waals surface area contributed by atoms with Gasteiger partial charge in [0.05, 0.1) is 0 Å². The summed E-state index contributed by atoms with van der Waals surface area (Å²) >= 11 is 1.29. The second kappa shape index (κ2) is 5.08. The van der Waals surface area contributed by atoms with E-state index in [1.165, 1.54) is 24.2 Å². The van der Waals surface area contributed by atoms with Crippen LogP contribution < -0.4 is 5.32 Å². The van der Waals surface area contributed by atoms with Gasteiger partial charge in [-0.3, -0.25) is 4.79 Å². The van der Waals surface area contributed by atoms with Gasteiger partial charge in [-0.25, -0.2) is 4.98 Å². The Labute approximate surface area is 114 Å². The number of hydrogen-bond acceptors (Lipinski definition) is 6. The van der Waals surface area contributed by atoms with Gasteiger partial charge in [-0.1, -0.05) is 18.0 Å². The SMILES string of the molecule is Cc1noc(-c2csc(C(=O)NC3CCCC3)n2)n1. The summed E-state index contributed by atoms with van der Waals surface area (Å²) in [6, 6.07) is 0.297. The van der Waals surface area contributed by atoms with Crippen LogP contribution in [0.2, 0.25) is 0 Å². The van der Waals surface area contributed by atoms with E-state index in [2.05, 4.69) is 20.4 Å². The van der Waals surface area contributed by atoms with Crippen molar-refractivity contribution >= 4 is 17.2 Å². The van der Waals surface area contributed by atoms with Crippen molar-refractivity contribution in [3.05, 3.63) is 16.2 Å². The van der Waals surface area contributed by atoms with Crippen LogP contribution in [0, 0.1) is 6.92 Å². The van der Waals surface area contributed by atoms with Crippen LogP contribution in [-0.2, 0) is 0 Å². The first-order valence-electron chi connectivity index (χ1n) is 6.29. The highest BCUT2D eigenvalue weighted by Crippen LogP contribution is 2.22. The van der Waals surface area contributed by atoms with Gasteiger partial charge in [0.25, 0.3) is 11.8 Å².